The van der Waals surface area contributed by atoms with Gasteiger partial charge in [-0.05, 0) is 12.8 Å². The molecule has 1 aromatic heterocycles. The van der Waals surface area contributed by atoms with Crippen molar-refractivity contribution in [2.75, 3.05) is 17.7 Å². The zero-order valence-electron chi connectivity index (χ0n) is 7.94. The molecule has 0 spiro atoms. The third-order valence-corrected chi connectivity index (χ3v) is 3.48. The number of nitrogens with one attached hydrogen (secondary N) is 1. The molecule has 5 heteroatoms. The van der Waals surface area contributed by atoms with Crippen molar-refractivity contribution in [2.45, 2.75) is 25.3 Å². The van der Waals surface area contributed by atoms with Crippen LogP contribution in [0, 0.1) is 5.92 Å². The van der Waals surface area contributed by atoms with Gasteiger partial charge in [-0.3, -0.25) is 0 Å². The van der Waals surface area contributed by atoms with Gasteiger partial charge in [0.1, 0.15) is 5.00 Å². The molecule has 2 unspecified atom stereocenters. The highest BCUT2D eigenvalue weighted by atomic mass is 32.1. The van der Waals surface area contributed by atoms with E-state index in [0.717, 1.165) is 23.0 Å². The van der Waals surface area contributed by atoms with Gasteiger partial charge in [-0.1, -0.05) is 17.8 Å². The van der Waals surface area contributed by atoms with Gasteiger partial charge >= 0.3 is 0 Å². The predicted octanol–water partition coefficient (Wildman–Crippen LogP) is 1.30. The molecule has 4 N–H and O–H groups in total. The Kier molecular flexibility index (Phi) is 2.88. The van der Waals surface area contributed by atoms with Crippen molar-refractivity contribution in [3.8, 4) is 0 Å². The van der Waals surface area contributed by atoms with Crippen LogP contribution in [0.25, 0.3) is 0 Å². The molecule has 0 aromatic carbocycles. The molecule has 2 rings (SSSR count). The number of hydrogen-bond donors (Lipinski definition) is 3. The number of anilines is 2. The van der Waals surface area contributed by atoms with Crippen LogP contribution in [-0.4, -0.2) is 22.7 Å². The molecule has 1 saturated carbocycles. The Bertz CT molecular complexity index is 302. The summed E-state index contributed by atoms with van der Waals surface area (Å²) in [5.41, 5.74) is 5.59. The highest BCUT2D eigenvalue weighted by Gasteiger charge is 2.26. The number of thiazole rings is 1. The van der Waals surface area contributed by atoms with Crippen LogP contribution in [0.3, 0.4) is 0 Å². The summed E-state index contributed by atoms with van der Waals surface area (Å²) in [5.74, 6) is 0.375. The van der Waals surface area contributed by atoms with Crippen LogP contribution < -0.4 is 11.1 Å². The van der Waals surface area contributed by atoms with Crippen LogP contribution in [0.4, 0.5) is 10.1 Å². The molecule has 14 heavy (non-hydrogen) atoms. The summed E-state index contributed by atoms with van der Waals surface area (Å²) in [4.78, 5) is 4.15. The van der Waals surface area contributed by atoms with E-state index in [4.69, 9.17) is 10.8 Å². The Balaban J connectivity index is 1.96. The molecule has 0 bridgehead atoms. The first-order chi connectivity index (χ1) is 6.79. The van der Waals surface area contributed by atoms with Crippen molar-refractivity contribution in [2.24, 2.45) is 5.92 Å². The number of rotatable bonds is 3. The first-order valence-corrected chi connectivity index (χ1v) is 5.70. The lowest BCUT2D eigenvalue weighted by molar-refractivity contribution is 0.222. The Morgan fingerprint density at radius 1 is 1.64 bits per heavy atom. The largest absolute Gasteiger partial charge is 0.396 e. The Hall–Kier alpha value is -0.810. The molecule has 0 amide bonds. The van der Waals surface area contributed by atoms with Gasteiger partial charge in [0.25, 0.3) is 0 Å². The van der Waals surface area contributed by atoms with Crippen LogP contribution in [0.1, 0.15) is 19.3 Å². The van der Waals surface area contributed by atoms with E-state index >= 15 is 0 Å². The second-order valence-corrected chi connectivity index (χ2v) is 4.75. The van der Waals surface area contributed by atoms with Crippen LogP contribution >= 0.6 is 11.3 Å². The van der Waals surface area contributed by atoms with E-state index in [0.29, 0.717) is 12.0 Å². The predicted molar refractivity (Wildman–Crippen MR) is 58.4 cm³/mol. The van der Waals surface area contributed by atoms with Gasteiger partial charge in [0.15, 0.2) is 5.13 Å². The van der Waals surface area contributed by atoms with E-state index in [2.05, 4.69) is 10.3 Å². The summed E-state index contributed by atoms with van der Waals surface area (Å²) in [6, 6.07) is 0.366. The first-order valence-electron chi connectivity index (χ1n) is 4.88. The van der Waals surface area contributed by atoms with Crippen LogP contribution in [0.5, 0.6) is 0 Å². The van der Waals surface area contributed by atoms with E-state index < -0.39 is 0 Å². The maximum atomic E-state index is 9.14. The molecule has 0 radical (unpaired) electrons. The van der Waals surface area contributed by atoms with Crippen molar-refractivity contribution in [3.05, 3.63) is 6.20 Å². The SMILES string of the molecule is Nc1cnc(NC2CCCC2CO)s1. The number of nitrogen functional groups attached to an aromatic ring is 1. The highest BCUT2D eigenvalue weighted by Crippen LogP contribution is 2.30. The molecular formula is C9H15N3OS. The molecular weight excluding hydrogens is 198 g/mol. The fourth-order valence-corrected chi connectivity index (χ4v) is 2.60. The summed E-state index contributed by atoms with van der Waals surface area (Å²) in [6.07, 6.45) is 5.07. The van der Waals surface area contributed by atoms with Crippen LogP contribution in [-0.2, 0) is 0 Å². The fraction of sp³-hybridized carbons (Fsp3) is 0.667. The third-order valence-electron chi connectivity index (χ3n) is 2.73. The molecule has 1 heterocycles. The van der Waals surface area contributed by atoms with Crippen molar-refractivity contribution in [1.29, 1.82) is 0 Å². The summed E-state index contributed by atoms with van der Waals surface area (Å²) in [7, 11) is 0. The molecule has 2 atom stereocenters. The van der Waals surface area contributed by atoms with Gasteiger partial charge in [-0.2, -0.15) is 0 Å². The van der Waals surface area contributed by atoms with E-state index in [1.54, 1.807) is 6.20 Å². The number of nitrogens with two attached hydrogens (primary N) is 1. The Morgan fingerprint density at radius 3 is 3.14 bits per heavy atom. The number of hydrogen-bond acceptors (Lipinski definition) is 5. The van der Waals surface area contributed by atoms with Crippen molar-refractivity contribution >= 4 is 21.5 Å². The summed E-state index contributed by atoms with van der Waals surface area (Å²) in [6.45, 7) is 0.262. The van der Waals surface area contributed by atoms with E-state index in [-0.39, 0.29) is 6.61 Å². The van der Waals surface area contributed by atoms with E-state index in [1.807, 2.05) is 0 Å². The summed E-state index contributed by atoms with van der Waals surface area (Å²) in [5, 5.41) is 14.1. The van der Waals surface area contributed by atoms with Crippen molar-refractivity contribution in [1.82, 2.24) is 4.98 Å². The zero-order valence-corrected chi connectivity index (χ0v) is 8.76. The minimum atomic E-state index is 0.262. The van der Waals surface area contributed by atoms with Gasteiger partial charge in [-0.25, -0.2) is 4.98 Å². The van der Waals surface area contributed by atoms with Crippen molar-refractivity contribution in [3.63, 3.8) is 0 Å². The maximum absolute atomic E-state index is 9.14. The van der Waals surface area contributed by atoms with Crippen LogP contribution in [0.15, 0.2) is 6.20 Å². The van der Waals surface area contributed by atoms with E-state index in [1.165, 1.54) is 17.8 Å². The standard InChI is InChI=1S/C9H15N3OS/c10-8-4-11-9(14-8)12-7-3-1-2-6(7)5-13/h4,6-7,13H,1-3,5,10H2,(H,11,12). The normalized spacial score (nSPS) is 26.6. The molecule has 0 aliphatic heterocycles. The summed E-state index contributed by atoms with van der Waals surface area (Å²) >= 11 is 1.46. The number of aliphatic hydroxyl groups is 1. The van der Waals surface area contributed by atoms with Gasteiger partial charge in [0, 0.05) is 18.6 Å². The topological polar surface area (TPSA) is 71.2 Å². The Labute approximate surface area is 87.2 Å². The van der Waals surface area contributed by atoms with Crippen LogP contribution in [0.2, 0.25) is 0 Å². The lowest BCUT2D eigenvalue weighted by atomic mass is 10.1. The molecule has 1 aromatic rings. The average Bonchev–Trinajstić information content (AvgIpc) is 2.76. The number of aliphatic hydroxyl groups excluding tert-OH is 1. The minimum absolute atomic E-state index is 0.262. The first kappa shape index (κ1) is 9.73. The quantitative estimate of drug-likeness (QED) is 0.707. The van der Waals surface area contributed by atoms with Gasteiger partial charge < -0.3 is 16.2 Å². The molecule has 0 saturated heterocycles. The number of nitrogens with zero attached hydrogens (tertiary/aromatic N) is 1. The third kappa shape index (κ3) is 1.99. The number of aromatic nitrogens is 1. The second-order valence-electron chi connectivity index (χ2n) is 3.69. The second kappa shape index (κ2) is 4.14. The average molecular weight is 213 g/mol. The van der Waals surface area contributed by atoms with Crippen molar-refractivity contribution < 1.29 is 5.11 Å². The van der Waals surface area contributed by atoms with Gasteiger partial charge in [-0.15, -0.1) is 0 Å². The monoisotopic (exact) mass is 213 g/mol. The maximum Gasteiger partial charge on any atom is 0.184 e. The zero-order chi connectivity index (χ0) is 9.97. The fourth-order valence-electron chi connectivity index (χ4n) is 1.96. The van der Waals surface area contributed by atoms with Gasteiger partial charge in [0.2, 0.25) is 0 Å². The molecule has 1 aliphatic rings. The molecule has 78 valence electrons. The Morgan fingerprint density at radius 2 is 2.50 bits per heavy atom. The molecule has 4 nitrogen and oxygen atoms in total. The minimum Gasteiger partial charge on any atom is -0.396 e. The smallest absolute Gasteiger partial charge is 0.184 e. The summed E-state index contributed by atoms with van der Waals surface area (Å²) < 4.78 is 0. The molecule has 1 fully saturated rings. The van der Waals surface area contributed by atoms with Gasteiger partial charge in [0.05, 0.1) is 6.20 Å². The lowest BCUT2D eigenvalue weighted by Crippen LogP contribution is -2.26. The lowest BCUT2D eigenvalue weighted by Gasteiger charge is -2.17. The highest BCUT2D eigenvalue weighted by molar-refractivity contribution is 7.19. The van der Waals surface area contributed by atoms with E-state index in [9.17, 15) is 0 Å². The molecule has 1 aliphatic carbocycles.